The van der Waals surface area contributed by atoms with E-state index in [0.717, 1.165) is 61.3 Å². The van der Waals surface area contributed by atoms with Crippen LogP contribution in [0.3, 0.4) is 0 Å². The molecule has 2 aromatic heterocycles. The van der Waals surface area contributed by atoms with Crippen LogP contribution in [0.4, 0.5) is 5.82 Å². The third-order valence-electron chi connectivity index (χ3n) is 7.17. The van der Waals surface area contributed by atoms with Gasteiger partial charge >= 0.3 is 0 Å². The van der Waals surface area contributed by atoms with Crippen molar-refractivity contribution in [1.82, 2.24) is 25.2 Å². The minimum atomic E-state index is -0.315. The average molecular weight is 491 g/mol. The minimum Gasteiger partial charge on any atom is -0.396 e. The predicted octanol–water partition coefficient (Wildman–Crippen LogP) is 2.57. The Morgan fingerprint density at radius 1 is 1.22 bits per heavy atom. The second-order valence-electron chi connectivity index (χ2n) is 9.86. The van der Waals surface area contributed by atoms with E-state index in [2.05, 4.69) is 51.8 Å². The number of aromatic nitrogens is 3. The molecule has 9 heteroatoms. The minimum absolute atomic E-state index is 0.0431. The Kier molecular flexibility index (Phi) is 7.41. The van der Waals surface area contributed by atoms with Crippen molar-refractivity contribution >= 4 is 22.8 Å². The number of pyridine rings is 1. The Hall–Kier alpha value is -3.14. The molecule has 3 N–H and O–H groups in total. The lowest BCUT2D eigenvalue weighted by molar-refractivity contribution is -0.132. The molecule has 4 heterocycles. The average Bonchev–Trinajstić information content (AvgIpc) is 2.92. The van der Waals surface area contributed by atoms with Gasteiger partial charge < -0.3 is 25.4 Å². The first-order valence-corrected chi connectivity index (χ1v) is 12.7. The SMILES string of the molecule is CC1(CNc2nc(-c3ccc(C4CCN(C(=O)CCO)CC4)cc3)cc3nccnc23)CNCCO1. The summed E-state index contributed by atoms with van der Waals surface area (Å²) in [4.78, 5) is 27.9. The molecule has 1 unspecified atom stereocenters. The molecule has 9 nitrogen and oxygen atoms in total. The number of hydrogen-bond acceptors (Lipinski definition) is 8. The molecule has 1 atom stereocenters. The Morgan fingerprint density at radius 2 is 2.00 bits per heavy atom. The lowest BCUT2D eigenvalue weighted by Crippen LogP contribution is -2.51. The van der Waals surface area contributed by atoms with E-state index in [9.17, 15) is 4.79 Å². The highest BCUT2D eigenvalue weighted by Gasteiger charge is 2.28. The summed E-state index contributed by atoms with van der Waals surface area (Å²) in [5, 5.41) is 15.9. The van der Waals surface area contributed by atoms with Gasteiger partial charge in [-0.2, -0.15) is 0 Å². The van der Waals surface area contributed by atoms with Crippen molar-refractivity contribution in [2.45, 2.75) is 37.7 Å². The number of amides is 1. The first-order chi connectivity index (χ1) is 17.5. The fourth-order valence-corrected chi connectivity index (χ4v) is 5.04. The fraction of sp³-hybridized carbons (Fsp3) is 0.481. The topological polar surface area (TPSA) is 113 Å². The normalized spacial score (nSPS) is 21.0. The largest absolute Gasteiger partial charge is 0.396 e. The van der Waals surface area contributed by atoms with Crippen molar-refractivity contribution < 1.29 is 14.6 Å². The number of anilines is 1. The molecular weight excluding hydrogens is 456 g/mol. The van der Waals surface area contributed by atoms with Gasteiger partial charge in [-0.25, -0.2) is 9.97 Å². The Balaban J connectivity index is 1.32. The molecular formula is C27H34N6O3. The van der Waals surface area contributed by atoms with Gasteiger partial charge in [-0.3, -0.25) is 9.78 Å². The van der Waals surface area contributed by atoms with Crippen LogP contribution in [0.25, 0.3) is 22.3 Å². The highest BCUT2D eigenvalue weighted by molar-refractivity contribution is 5.88. The van der Waals surface area contributed by atoms with Crippen LogP contribution in [0.5, 0.6) is 0 Å². The molecule has 5 rings (SSSR count). The quantitative estimate of drug-likeness (QED) is 0.463. The maximum Gasteiger partial charge on any atom is 0.224 e. The maximum atomic E-state index is 12.1. The molecule has 1 aromatic carbocycles. The summed E-state index contributed by atoms with van der Waals surface area (Å²) in [5.74, 6) is 1.17. The molecule has 0 bridgehead atoms. The van der Waals surface area contributed by atoms with Gasteiger partial charge in [0.2, 0.25) is 5.91 Å². The number of ether oxygens (including phenoxy) is 1. The summed E-state index contributed by atoms with van der Waals surface area (Å²) < 4.78 is 6.00. The van der Waals surface area contributed by atoms with E-state index in [1.54, 1.807) is 12.4 Å². The number of nitrogens with one attached hydrogen (secondary N) is 2. The number of fused-ring (bicyclic) bond motifs is 1. The number of carbonyl (C=O) groups excluding carboxylic acids is 1. The number of aliphatic hydroxyl groups excluding tert-OH is 1. The van der Waals surface area contributed by atoms with E-state index in [4.69, 9.17) is 14.8 Å². The summed E-state index contributed by atoms with van der Waals surface area (Å²) in [6.45, 7) is 6.43. The highest BCUT2D eigenvalue weighted by Crippen LogP contribution is 2.31. The molecule has 2 aliphatic heterocycles. The van der Waals surface area contributed by atoms with E-state index in [-0.39, 0.29) is 24.5 Å². The number of hydrogen-bond donors (Lipinski definition) is 3. The molecule has 0 saturated carbocycles. The number of rotatable bonds is 7. The molecule has 2 aliphatic rings. The van der Waals surface area contributed by atoms with Gasteiger partial charge in [-0.05, 0) is 37.3 Å². The van der Waals surface area contributed by atoms with E-state index < -0.39 is 0 Å². The van der Waals surface area contributed by atoms with Crippen LogP contribution in [0.15, 0.2) is 42.7 Å². The first kappa shape index (κ1) is 24.5. The monoisotopic (exact) mass is 490 g/mol. The number of nitrogens with zero attached hydrogens (tertiary/aromatic N) is 4. The Labute approximate surface area is 211 Å². The van der Waals surface area contributed by atoms with Gasteiger partial charge in [0.15, 0.2) is 5.82 Å². The number of likely N-dealkylation sites (tertiary alicyclic amines) is 1. The number of benzene rings is 1. The summed E-state index contributed by atoms with van der Waals surface area (Å²) in [7, 11) is 0. The Morgan fingerprint density at radius 3 is 2.72 bits per heavy atom. The molecule has 2 saturated heterocycles. The predicted molar refractivity (Wildman–Crippen MR) is 139 cm³/mol. The van der Waals surface area contributed by atoms with E-state index >= 15 is 0 Å². The molecule has 190 valence electrons. The lowest BCUT2D eigenvalue weighted by atomic mass is 9.88. The number of piperidine rings is 1. The van der Waals surface area contributed by atoms with Gasteiger partial charge in [0, 0.05) is 57.1 Å². The van der Waals surface area contributed by atoms with Crippen molar-refractivity contribution in [2.24, 2.45) is 0 Å². The second-order valence-corrected chi connectivity index (χ2v) is 9.86. The third-order valence-corrected chi connectivity index (χ3v) is 7.17. The first-order valence-electron chi connectivity index (χ1n) is 12.7. The highest BCUT2D eigenvalue weighted by atomic mass is 16.5. The third kappa shape index (κ3) is 5.48. The second kappa shape index (κ2) is 10.9. The molecule has 0 aliphatic carbocycles. The zero-order valence-corrected chi connectivity index (χ0v) is 20.7. The summed E-state index contributed by atoms with van der Waals surface area (Å²) >= 11 is 0. The van der Waals surface area contributed by atoms with E-state index in [1.165, 1.54) is 5.56 Å². The molecule has 0 radical (unpaired) electrons. The smallest absolute Gasteiger partial charge is 0.224 e. The van der Waals surface area contributed by atoms with Crippen molar-refractivity contribution in [3.63, 3.8) is 0 Å². The van der Waals surface area contributed by atoms with Crippen LogP contribution in [0, 0.1) is 0 Å². The lowest BCUT2D eigenvalue weighted by Gasteiger charge is -2.34. The summed E-state index contributed by atoms with van der Waals surface area (Å²) in [5.41, 5.74) is 4.36. The van der Waals surface area contributed by atoms with E-state index in [0.29, 0.717) is 24.9 Å². The van der Waals surface area contributed by atoms with Crippen molar-refractivity contribution in [3.8, 4) is 11.3 Å². The molecule has 2 fully saturated rings. The molecule has 1 amide bonds. The number of aliphatic hydroxyl groups is 1. The molecule has 0 spiro atoms. The number of morpholine rings is 1. The van der Waals surface area contributed by atoms with Gasteiger partial charge in [0.05, 0.1) is 30.0 Å². The standard InChI is InChI=1S/C27H34N6O3/c1-27(17-28-11-15-36-27)18-31-26-25-23(29-9-10-30-25)16-22(32-26)21-4-2-19(3-5-21)20-6-12-33(13-7-20)24(35)8-14-34/h2-5,9-10,16,20,28,34H,6-8,11-15,17-18H2,1H3,(H,31,32). The van der Waals surface area contributed by atoms with Crippen LogP contribution in [-0.4, -0.2) is 82.4 Å². The fourth-order valence-electron chi connectivity index (χ4n) is 5.04. The van der Waals surface area contributed by atoms with Crippen molar-refractivity contribution in [3.05, 3.63) is 48.3 Å². The van der Waals surface area contributed by atoms with Crippen LogP contribution in [-0.2, 0) is 9.53 Å². The zero-order chi connectivity index (χ0) is 25.0. The van der Waals surface area contributed by atoms with Gasteiger partial charge in [0.1, 0.15) is 5.52 Å². The number of carbonyl (C=O) groups is 1. The van der Waals surface area contributed by atoms with Crippen molar-refractivity contribution in [2.75, 3.05) is 51.3 Å². The van der Waals surface area contributed by atoms with Crippen LogP contribution in [0.2, 0.25) is 0 Å². The van der Waals surface area contributed by atoms with Gasteiger partial charge in [-0.1, -0.05) is 24.3 Å². The van der Waals surface area contributed by atoms with Crippen LogP contribution in [0.1, 0.15) is 37.7 Å². The summed E-state index contributed by atoms with van der Waals surface area (Å²) in [6.07, 6.45) is 5.47. The van der Waals surface area contributed by atoms with E-state index in [1.807, 2.05) is 11.0 Å². The molecule has 3 aromatic rings. The van der Waals surface area contributed by atoms with Crippen LogP contribution >= 0.6 is 0 Å². The molecule has 36 heavy (non-hydrogen) atoms. The zero-order valence-electron chi connectivity index (χ0n) is 20.7. The Bertz CT molecular complexity index is 1190. The summed E-state index contributed by atoms with van der Waals surface area (Å²) in [6, 6.07) is 10.5. The van der Waals surface area contributed by atoms with Crippen molar-refractivity contribution in [1.29, 1.82) is 0 Å². The van der Waals surface area contributed by atoms with Gasteiger partial charge in [-0.15, -0.1) is 0 Å². The van der Waals surface area contributed by atoms with Gasteiger partial charge in [0.25, 0.3) is 0 Å². The maximum absolute atomic E-state index is 12.1. The van der Waals surface area contributed by atoms with Crippen LogP contribution < -0.4 is 10.6 Å².